The first kappa shape index (κ1) is 23.7. The second-order valence-electron chi connectivity index (χ2n) is 10.5. The van der Waals surface area contributed by atoms with Gasteiger partial charge in [-0.05, 0) is 38.7 Å². The van der Waals surface area contributed by atoms with Crippen LogP contribution in [0.2, 0.25) is 12.1 Å². The van der Waals surface area contributed by atoms with Crippen molar-refractivity contribution >= 4 is 31.9 Å². The van der Waals surface area contributed by atoms with Crippen LogP contribution < -0.4 is 10.4 Å². The summed E-state index contributed by atoms with van der Waals surface area (Å²) in [5.41, 5.74) is -0.857. The van der Waals surface area contributed by atoms with Crippen LogP contribution in [0.5, 0.6) is 0 Å². The van der Waals surface area contributed by atoms with E-state index >= 15 is 0 Å². The zero-order valence-electron chi connectivity index (χ0n) is 19.9. The lowest BCUT2D eigenvalue weighted by molar-refractivity contribution is -0.114. The second kappa shape index (κ2) is 8.19. The van der Waals surface area contributed by atoms with Crippen molar-refractivity contribution in [2.24, 2.45) is 5.41 Å². The molecule has 2 aromatic rings. The fourth-order valence-electron chi connectivity index (χ4n) is 4.86. The van der Waals surface area contributed by atoms with Gasteiger partial charge in [0, 0.05) is 5.41 Å². The van der Waals surface area contributed by atoms with Crippen LogP contribution in [0.25, 0.3) is 0 Å². The Hall–Kier alpha value is -1.95. The lowest BCUT2D eigenvalue weighted by atomic mass is 9.70. The molecule has 3 nitrogen and oxygen atoms in total. The van der Waals surface area contributed by atoms with Crippen molar-refractivity contribution in [3.05, 3.63) is 72.7 Å². The summed E-state index contributed by atoms with van der Waals surface area (Å²) in [5.74, 6) is 0. The molecule has 2 aromatic carbocycles. The molecule has 1 heterocycles. The predicted molar refractivity (Wildman–Crippen MR) is 133 cm³/mol. The number of carbonyl (C=O) groups is 1. The van der Waals surface area contributed by atoms with Crippen LogP contribution in [-0.2, 0) is 14.1 Å². The monoisotopic (exact) mass is 434 g/mol. The van der Waals surface area contributed by atoms with E-state index in [1.807, 2.05) is 53.7 Å². The molecule has 1 aliphatic heterocycles. The van der Waals surface area contributed by atoms with Crippen LogP contribution in [0.4, 0.5) is 0 Å². The Morgan fingerprint density at radius 1 is 0.935 bits per heavy atom. The molecular weight excluding hydrogens is 399 g/mol. The molecule has 1 fully saturated rings. The minimum absolute atomic E-state index is 0.128. The number of hydrogen-bond acceptors (Lipinski definition) is 3. The normalized spacial score (nSPS) is 19.1. The lowest BCUT2D eigenvalue weighted by Gasteiger charge is -2.45. The average molecular weight is 434 g/mol. The highest BCUT2D eigenvalue weighted by Crippen LogP contribution is 2.48. The van der Waals surface area contributed by atoms with Gasteiger partial charge in [0.05, 0.1) is 11.2 Å². The first-order valence-corrected chi connectivity index (χ1v) is 13.6. The molecule has 5 heteroatoms. The Labute approximate surface area is 189 Å². The molecule has 0 aliphatic carbocycles. The van der Waals surface area contributed by atoms with E-state index < -0.39 is 31.8 Å². The summed E-state index contributed by atoms with van der Waals surface area (Å²) >= 11 is 0. The van der Waals surface area contributed by atoms with Crippen LogP contribution >= 0.6 is 0 Å². The minimum Gasteiger partial charge on any atom is -0.400 e. The summed E-state index contributed by atoms with van der Waals surface area (Å²) in [5, 5.41) is 2.53. The maximum absolute atomic E-state index is 12.5. The van der Waals surface area contributed by atoms with Crippen LogP contribution in [0.1, 0.15) is 41.5 Å². The number of hydrogen-bond donors (Lipinski definition) is 0. The highest BCUT2D eigenvalue weighted by atomic mass is 28.3. The Morgan fingerprint density at radius 2 is 1.32 bits per heavy atom. The zero-order valence-corrected chi connectivity index (χ0v) is 20.9. The molecule has 0 spiro atoms. The quantitative estimate of drug-likeness (QED) is 0.470. The summed E-state index contributed by atoms with van der Waals surface area (Å²) < 4.78 is 12.8. The molecule has 0 N–H and O–H groups in total. The molecule has 0 unspecified atom stereocenters. The predicted octanol–water partition coefficient (Wildman–Crippen LogP) is 4.66. The van der Waals surface area contributed by atoms with E-state index in [-0.39, 0.29) is 5.54 Å². The Kier molecular flexibility index (Phi) is 6.27. The third kappa shape index (κ3) is 4.11. The fourth-order valence-corrected chi connectivity index (χ4v) is 10.1. The Morgan fingerprint density at radius 3 is 1.68 bits per heavy atom. The fraction of sp³-hybridized carbons (Fsp3) is 0.423. The molecule has 0 aromatic heterocycles. The first-order valence-electron chi connectivity index (χ1n) is 11.0. The largest absolute Gasteiger partial charge is 0.490 e. The number of carbonyl (C=O) groups excluding carboxylic acids is 1. The summed E-state index contributed by atoms with van der Waals surface area (Å²) in [6.07, 6.45) is 1.07. The van der Waals surface area contributed by atoms with Crippen molar-refractivity contribution in [1.82, 2.24) is 0 Å². The van der Waals surface area contributed by atoms with E-state index in [1.54, 1.807) is 0 Å². The van der Waals surface area contributed by atoms with Crippen molar-refractivity contribution in [3.63, 3.8) is 0 Å². The molecule has 0 radical (unpaired) electrons. The lowest BCUT2D eigenvalue weighted by Crippen LogP contribution is -2.63. The number of allylic oxidation sites excluding steroid dienone is 1. The summed E-state index contributed by atoms with van der Waals surface area (Å²) in [6.45, 7) is 19.1. The van der Waals surface area contributed by atoms with Crippen LogP contribution in [0, 0.1) is 5.41 Å². The van der Waals surface area contributed by atoms with E-state index in [2.05, 4.69) is 61.7 Å². The van der Waals surface area contributed by atoms with Crippen molar-refractivity contribution in [3.8, 4) is 0 Å². The third-order valence-electron chi connectivity index (χ3n) is 7.30. The number of benzene rings is 2. The molecule has 164 valence electrons. The van der Waals surface area contributed by atoms with Crippen LogP contribution in [0.15, 0.2) is 72.7 Å². The standard InChI is InChI=1S/C26H35BO3Si/c1-20(27-29-25(4,5)26(6,7)30-27)23(24(2,3)19-28)31(8,21-15-11-9-12-16-21)22-17-13-10-14-18-22/h9-19,23H,1H2,2-8H3/t23-/m0/s1. The Bertz CT molecular complexity index is 882. The SMILES string of the molecule is C=C(B1OC(C)(C)C(C)(C)O1)[C@@H](C(C)(C)C=O)[Si](C)(c1ccccc1)c1ccccc1. The molecule has 0 amide bonds. The van der Waals surface area contributed by atoms with Gasteiger partial charge >= 0.3 is 7.12 Å². The van der Waals surface area contributed by atoms with Crippen LogP contribution in [-0.4, -0.2) is 32.7 Å². The molecule has 0 bridgehead atoms. The number of aldehydes is 1. The summed E-state index contributed by atoms with van der Waals surface area (Å²) in [6, 6.07) is 21.1. The van der Waals surface area contributed by atoms with Crippen molar-refractivity contribution in [2.45, 2.75) is 64.8 Å². The van der Waals surface area contributed by atoms with Gasteiger partial charge in [-0.1, -0.05) is 91.4 Å². The highest BCUT2D eigenvalue weighted by Gasteiger charge is 2.57. The Balaban J connectivity index is 2.21. The van der Waals surface area contributed by atoms with E-state index in [0.29, 0.717) is 0 Å². The van der Waals surface area contributed by atoms with Gasteiger partial charge < -0.3 is 14.1 Å². The molecule has 31 heavy (non-hydrogen) atoms. The topological polar surface area (TPSA) is 35.5 Å². The van der Waals surface area contributed by atoms with E-state index in [4.69, 9.17) is 9.31 Å². The van der Waals surface area contributed by atoms with Crippen LogP contribution in [0.3, 0.4) is 0 Å². The maximum atomic E-state index is 12.5. The van der Waals surface area contributed by atoms with Gasteiger partial charge in [-0.2, -0.15) is 0 Å². The molecular formula is C26H35BO3Si. The van der Waals surface area contributed by atoms with Crippen molar-refractivity contribution < 1.29 is 14.1 Å². The van der Waals surface area contributed by atoms with Gasteiger partial charge in [0.2, 0.25) is 0 Å². The van der Waals surface area contributed by atoms with Gasteiger partial charge in [-0.25, -0.2) is 0 Å². The van der Waals surface area contributed by atoms with Gasteiger partial charge in [0.1, 0.15) is 14.4 Å². The van der Waals surface area contributed by atoms with E-state index in [9.17, 15) is 4.79 Å². The van der Waals surface area contributed by atoms with Gasteiger partial charge in [0.15, 0.2) is 0 Å². The summed E-state index contributed by atoms with van der Waals surface area (Å²) in [4.78, 5) is 12.5. The minimum atomic E-state index is -2.50. The zero-order chi connectivity index (χ0) is 23.1. The summed E-state index contributed by atoms with van der Waals surface area (Å²) in [7, 11) is -3.06. The molecule has 1 saturated heterocycles. The third-order valence-corrected chi connectivity index (χ3v) is 12.6. The average Bonchev–Trinajstić information content (AvgIpc) is 2.96. The smallest absolute Gasteiger partial charge is 0.400 e. The molecule has 3 rings (SSSR count). The van der Waals surface area contributed by atoms with E-state index in [0.717, 1.165) is 11.8 Å². The number of rotatable bonds is 7. The van der Waals surface area contributed by atoms with Crippen molar-refractivity contribution in [2.75, 3.05) is 0 Å². The van der Waals surface area contributed by atoms with Crippen molar-refractivity contribution in [1.29, 1.82) is 0 Å². The molecule has 1 atom stereocenters. The second-order valence-corrected chi connectivity index (χ2v) is 14.6. The maximum Gasteiger partial charge on any atom is 0.490 e. The van der Waals surface area contributed by atoms with Gasteiger partial charge in [-0.3, -0.25) is 0 Å². The molecule has 0 saturated carbocycles. The molecule has 1 aliphatic rings. The van der Waals surface area contributed by atoms with E-state index in [1.165, 1.54) is 10.4 Å². The van der Waals surface area contributed by atoms with Gasteiger partial charge in [0.25, 0.3) is 0 Å². The van der Waals surface area contributed by atoms with Gasteiger partial charge in [-0.15, -0.1) is 6.58 Å². The first-order chi connectivity index (χ1) is 14.4. The highest BCUT2D eigenvalue weighted by molar-refractivity contribution is 7.03.